The average molecular weight is 276 g/mol. The molecule has 0 saturated heterocycles. The molecule has 4 bridgehead atoms. The van der Waals surface area contributed by atoms with Crippen LogP contribution in [0, 0.1) is 16.7 Å². The predicted molar refractivity (Wildman–Crippen MR) is 65.5 cm³/mol. The van der Waals surface area contributed by atoms with Gasteiger partial charge in [-0.15, -0.1) is 12.4 Å². The summed E-state index contributed by atoms with van der Waals surface area (Å²) in [5.74, 6) is -1.55. The number of hydrogen-bond acceptors (Lipinski definition) is 3. The molecule has 4 N–H and O–H groups in total. The third kappa shape index (κ3) is 1.57. The van der Waals surface area contributed by atoms with Gasteiger partial charge in [0.15, 0.2) is 0 Å². The Morgan fingerprint density at radius 1 is 0.944 bits per heavy atom. The standard InChI is InChI=1S/C12H17NO4.ClH/c13-12-3-7-1-10(5-12,8(14)15)4-11(2-7,6-12)9(16)17;/h7H,1-6,13H2,(H,14,15)(H,16,17);1H. The van der Waals surface area contributed by atoms with Crippen LogP contribution in [0.2, 0.25) is 0 Å². The molecule has 4 aliphatic carbocycles. The molecule has 0 aromatic rings. The minimum atomic E-state index is -0.882. The van der Waals surface area contributed by atoms with Crippen molar-refractivity contribution < 1.29 is 19.8 Å². The lowest BCUT2D eigenvalue weighted by Crippen LogP contribution is -2.67. The van der Waals surface area contributed by atoms with E-state index in [1.165, 1.54) is 0 Å². The van der Waals surface area contributed by atoms with Crippen LogP contribution in [0.1, 0.15) is 38.5 Å². The van der Waals surface area contributed by atoms with Gasteiger partial charge in [0.25, 0.3) is 0 Å². The molecule has 0 heterocycles. The van der Waals surface area contributed by atoms with Gasteiger partial charge in [-0.25, -0.2) is 0 Å². The molecule has 0 spiro atoms. The van der Waals surface area contributed by atoms with Crippen LogP contribution in [0.3, 0.4) is 0 Å². The average Bonchev–Trinajstić information content (AvgIpc) is 2.12. The molecule has 102 valence electrons. The zero-order valence-electron chi connectivity index (χ0n) is 10.0. The van der Waals surface area contributed by atoms with Crippen molar-refractivity contribution in [1.29, 1.82) is 0 Å². The van der Waals surface area contributed by atoms with Gasteiger partial charge >= 0.3 is 11.9 Å². The van der Waals surface area contributed by atoms with Crippen LogP contribution in [0.15, 0.2) is 0 Å². The summed E-state index contributed by atoms with van der Waals surface area (Å²) in [5, 5.41) is 18.9. The van der Waals surface area contributed by atoms with Gasteiger partial charge in [0.1, 0.15) is 0 Å². The topological polar surface area (TPSA) is 101 Å². The minimum Gasteiger partial charge on any atom is -0.481 e. The van der Waals surface area contributed by atoms with Crippen LogP contribution in [-0.4, -0.2) is 27.7 Å². The molecule has 18 heavy (non-hydrogen) atoms. The van der Waals surface area contributed by atoms with Crippen molar-refractivity contribution in [2.24, 2.45) is 22.5 Å². The lowest BCUT2D eigenvalue weighted by atomic mass is 9.42. The smallest absolute Gasteiger partial charge is 0.309 e. The molecule has 4 saturated carbocycles. The minimum absolute atomic E-state index is 0. The SMILES string of the molecule is Cl.NC12CC3CC(C(=O)O)(C1)CC(C(=O)O)(C3)C2. The van der Waals surface area contributed by atoms with E-state index in [0.29, 0.717) is 25.7 Å². The number of hydrogen-bond donors (Lipinski definition) is 3. The number of nitrogens with two attached hydrogens (primary N) is 1. The Morgan fingerprint density at radius 3 is 1.72 bits per heavy atom. The number of halogens is 1. The number of aliphatic carboxylic acids is 2. The Hall–Kier alpha value is -0.810. The van der Waals surface area contributed by atoms with Crippen LogP contribution < -0.4 is 5.73 Å². The van der Waals surface area contributed by atoms with Gasteiger partial charge in [-0.3, -0.25) is 9.59 Å². The van der Waals surface area contributed by atoms with Crippen molar-refractivity contribution in [2.75, 3.05) is 0 Å². The van der Waals surface area contributed by atoms with Gasteiger partial charge in [0.05, 0.1) is 10.8 Å². The van der Waals surface area contributed by atoms with Crippen LogP contribution in [-0.2, 0) is 9.59 Å². The second-order valence-electron chi connectivity index (χ2n) is 6.54. The molecule has 0 radical (unpaired) electrons. The van der Waals surface area contributed by atoms with E-state index in [0.717, 1.165) is 6.42 Å². The Bertz CT molecular complexity index is 394. The van der Waals surface area contributed by atoms with Crippen LogP contribution in [0.25, 0.3) is 0 Å². The zero-order chi connectivity index (χ0) is 12.5. The number of rotatable bonds is 2. The molecular weight excluding hydrogens is 258 g/mol. The summed E-state index contributed by atoms with van der Waals surface area (Å²) in [5.41, 5.74) is 3.90. The monoisotopic (exact) mass is 275 g/mol. The molecule has 4 fully saturated rings. The van der Waals surface area contributed by atoms with Gasteiger partial charge < -0.3 is 15.9 Å². The summed E-state index contributed by atoms with van der Waals surface area (Å²) in [7, 11) is 0. The van der Waals surface area contributed by atoms with E-state index in [4.69, 9.17) is 5.73 Å². The number of carboxylic acid groups (broad SMARTS) is 2. The summed E-state index contributed by atoms with van der Waals surface area (Å²) in [6.07, 6.45) is 3.16. The van der Waals surface area contributed by atoms with E-state index in [9.17, 15) is 19.8 Å². The summed E-state index contributed by atoms with van der Waals surface area (Å²) < 4.78 is 0. The van der Waals surface area contributed by atoms with E-state index in [1.54, 1.807) is 0 Å². The van der Waals surface area contributed by atoms with E-state index >= 15 is 0 Å². The first-order valence-electron chi connectivity index (χ1n) is 6.05. The Morgan fingerprint density at radius 2 is 1.39 bits per heavy atom. The van der Waals surface area contributed by atoms with Crippen molar-refractivity contribution in [3.8, 4) is 0 Å². The van der Waals surface area contributed by atoms with E-state index in [1.807, 2.05) is 0 Å². The van der Waals surface area contributed by atoms with Gasteiger partial charge in [-0.2, -0.15) is 0 Å². The van der Waals surface area contributed by atoms with E-state index in [2.05, 4.69) is 0 Å². The number of carboxylic acids is 2. The fourth-order valence-electron chi connectivity index (χ4n) is 4.99. The van der Waals surface area contributed by atoms with Gasteiger partial charge in [-0.1, -0.05) is 0 Å². The maximum Gasteiger partial charge on any atom is 0.309 e. The van der Waals surface area contributed by atoms with Gasteiger partial charge in [0, 0.05) is 5.54 Å². The third-order valence-corrected chi connectivity index (χ3v) is 5.02. The third-order valence-electron chi connectivity index (χ3n) is 5.02. The molecule has 4 rings (SSSR count). The van der Waals surface area contributed by atoms with Crippen LogP contribution >= 0.6 is 12.4 Å². The highest BCUT2D eigenvalue weighted by atomic mass is 35.5. The molecule has 4 aliphatic rings. The summed E-state index contributed by atoms with van der Waals surface area (Å²) in [4.78, 5) is 23.0. The van der Waals surface area contributed by atoms with Gasteiger partial charge in [-0.05, 0) is 44.4 Å². The van der Waals surface area contributed by atoms with Crippen molar-refractivity contribution >= 4 is 24.3 Å². The first kappa shape index (κ1) is 13.6. The normalized spacial score (nSPS) is 48.6. The molecule has 2 atom stereocenters. The highest BCUT2D eigenvalue weighted by Crippen LogP contribution is 2.66. The highest BCUT2D eigenvalue weighted by Gasteiger charge is 2.67. The zero-order valence-corrected chi connectivity index (χ0v) is 10.8. The number of carbonyl (C=O) groups is 2. The van der Waals surface area contributed by atoms with E-state index < -0.39 is 28.3 Å². The summed E-state index contributed by atoms with van der Waals surface area (Å²) in [6, 6.07) is 0. The Balaban J connectivity index is 0.00000120. The van der Waals surface area contributed by atoms with E-state index in [-0.39, 0.29) is 24.7 Å². The van der Waals surface area contributed by atoms with Crippen LogP contribution in [0.5, 0.6) is 0 Å². The molecule has 0 amide bonds. The Labute approximate surface area is 111 Å². The molecule has 6 heteroatoms. The van der Waals surface area contributed by atoms with Gasteiger partial charge in [0.2, 0.25) is 0 Å². The van der Waals surface area contributed by atoms with Crippen molar-refractivity contribution in [2.45, 2.75) is 44.1 Å². The second-order valence-corrected chi connectivity index (χ2v) is 6.54. The maximum atomic E-state index is 11.5. The fraction of sp³-hybridized carbons (Fsp3) is 0.833. The van der Waals surface area contributed by atoms with Crippen molar-refractivity contribution in [1.82, 2.24) is 0 Å². The second kappa shape index (κ2) is 3.61. The quantitative estimate of drug-likeness (QED) is 0.704. The molecular formula is C12H18ClNO4. The first-order valence-corrected chi connectivity index (χ1v) is 6.05. The lowest BCUT2D eigenvalue weighted by Gasteiger charge is -2.62. The van der Waals surface area contributed by atoms with Crippen molar-refractivity contribution in [3.63, 3.8) is 0 Å². The molecule has 0 aliphatic heterocycles. The molecule has 0 aromatic heterocycles. The summed E-state index contributed by atoms with van der Waals surface area (Å²) in [6.45, 7) is 0. The summed E-state index contributed by atoms with van der Waals surface area (Å²) >= 11 is 0. The lowest BCUT2D eigenvalue weighted by molar-refractivity contribution is -0.189. The predicted octanol–water partition coefficient (Wildman–Crippen LogP) is 1.25. The molecule has 0 aromatic carbocycles. The maximum absolute atomic E-state index is 11.5. The Kier molecular flexibility index (Phi) is 2.73. The highest BCUT2D eigenvalue weighted by molar-refractivity contribution is 5.85. The first-order chi connectivity index (χ1) is 7.79. The van der Waals surface area contributed by atoms with Crippen molar-refractivity contribution in [3.05, 3.63) is 0 Å². The molecule has 2 unspecified atom stereocenters. The van der Waals surface area contributed by atoms with Crippen LogP contribution in [0.4, 0.5) is 0 Å². The molecule has 5 nitrogen and oxygen atoms in total. The fourth-order valence-corrected chi connectivity index (χ4v) is 4.99. The largest absolute Gasteiger partial charge is 0.481 e.